The van der Waals surface area contributed by atoms with E-state index >= 15 is 0 Å². The highest BCUT2D eigenvalue weighted by molar-refractivity contribution is 5.79. The highest BCUT2D eigenvalue weighted by atomic mass is 16.6. The minimum Gasteiger partial charge on any atom is -0.444 e. The van der Waals surface area contributed by atoms with Crippen LogP contribution in [0.25, 0.3) is 0 Å². The van der Waals surface area contributed by atoms with E-state index in [0.29, 0.717) is 5.92 Å². The number of aliphatic imine (C=N–C) groups is 1. The Morgan fingerprint density at radius 3 is 2.50 bits per heavy atom. The number of aryl methyl sites for hydroxylation is 1. The van der Waals surface area contributed by atoms with Gasteiger partial charge >= 0.3 is 6.09 Å². The summed E-state index contributed by atoms with van der Waals surface area (Å²) in [5.41, 5.74) is 1.93. The van der Waals surface area contributed by atoms with E-state index in [-0.39, 0.29) is 6.09 Å². The number of rotatable bonds is 7. The second-order valence-corrected chi connectivity index (χ2v) is 9.86. The maximum atomic E-state index is 12.2. The fourth-order valence-electron chi connectivity index (χ4n) is 3.86. The van der Waals surface area contributed by atoms with Crippen molar-refractivity contribution in [2.75, 3.05) is 53.4 Å². The smallest absolute Gasteiger partial charge is 0.410 e. The summed E-state index contributed by atoms with van der Waals surface area (Å²) in [4.78, 5) is 23.0. The molecule has 2 rings (SSSR count). The summed E-state index contributed by atoms with van der Waals surface area (Å²) in [7, 11) is 5.85. The van der Waals surface area contributed by atoms with Gasteiger partial charge in [-0.2, -0.15) is 5.10 Å². The number of guanidine groups is 1. The van der Waals surface area contributed by atoms with Crippen LogP contribution in [-0.4, -0.2) is 95.5 Å². The molecular formula is C23H43N7O2. The van der Waals surface area contributed by atoms with Crippen LogP contribution in [0.3, 0.4) is 0 Å². The topological polar surface area (TPSA) is 78.2 Å². The quantitative estimate of drug-likeness (QED) is 0.391. The number of aromatic nitrogens is 2. The van der Waals surface area contributed by atoms with Crippen LogP contribution in [0.5, 0.6) is 0 Å². The summed E-state index contributed by atoms with van der Waals surface area (Å²) >= 11 is 0. The van der Waals surface area contributed by atoms with Crippen molar-refractivity contribution in [3.63, 3.8) is 0 Å². The van der Waals surface area contributed by atoms with E-state index in [1.807, 2.05) is 39.5 Å². The molecule has 0 bridgehead atoms. The lowest BCUT2D eigenvalue weighted by molar-refractivity contribution is 0.0145. The molecule has 182 valence electrons. The van der Waals surface area contributed by atoms with Gasteiger partial charge in [0.05, 0.1) is 5.69 Å². The van der Waals surface area contributed by atoms with Gasteiger partial charge in [0.25, 0.3) is 0 Å². The standard InChI is InChI=1S/C23H43N7O2/c1-18(2)20-19(17-28(8)26-20)16-27(7)21(24-6)25-10-9-11-29-12-14-30(15-13-29)22(31)32-23(3,4)5/h17-18H,9-16H2,1-8H3,(H,24,25). The summed E-state index contributed by atoms with van der Waals surface area (Å²) in [6, 6.07) is 0. The molecule has 32 heavy (non-hydrogen) atoms. The SMILES string of the molecule is CN=C(NCCCN1CCN(C(=O)OC(C)(C)C)CC1)N(C)Cc1cn(C)nc1C(C)C. The molecule has 2 heterocycles. The normalized spacial score (nSPS) is 15.9. The second-order valence-electron chi connectivity index (χ2n) is 9.86. The molecular weight excluding hydrogens is 406 g/mol. The van der Waals surface area contributed by atoms with Gasteiger partial charge in [-0.3, -0.25) is 14.6 Å². The number of nitrogens with one attached hydrogen (secondary N) is 1. The molecule has 1 amide bonds. The van der Waals surface area contributed by atoms with Crippen LogP contribution in [0, 0.1) is 0 Å². The maximum absolute atomic E-state index is 12.2. The highest BCUT2D eigenvalue weighted by Crippen LogP contribution is 2.18. The monoisotopic (exact) mass is 449 g/mol. The lowest BCUT2D eigenvalue weighted by Crippen LogP contribution is -2.50. The first kappa shape index (κ1) is 26.0. The molecule has 9 heteroatoms. The van der Waals surface area contributed by atoms with Crippen molar-refractivity contribution in [1.82, 2.24) is 29.8 Å². The minimum atomic E-state index is -0.445. The molecule has 0 spiro atoms. The van der Waals surface area contributed by atoms with Crippen LogP contribution in [0.15, 0.2) is 11.2 Å². The third-order valence-electron chi connectivity index (χ3n) is 5.42. The van der Waals surface area contributed by atoms with E-state index in [1.54, 1.807) is 4.90 Å². The van der Waals surface area contributed by atoms with Gasteiger partial charge in [-0.05, 0) is 39.7 Å². The molecule has 1 N–H and O–H groups in total. The average Bonchev–Trinajstić information content (AvgIpc) is 3.07. The number of nitrogens with zero attached hydrogens (tertiary/aromatic N) is 6. The van der Waals surface area contributed by atoms with Gasteiger partial charge in [-0.25, -0.2) is 4.79 Å². The fourth-order valence-corrected chi connectivity index (χ4v) is 3.86. The van der Waals surface area contributed by atoms with Crippen molar-refractivity contribution in [2.45, 2.75) is 59.1 Å². The molecule has 0 aliphatic carbocycles. The Bertz CT molecular complexity index is 759. The molecule has 0 atom stereocenters. The minimum absolute atomic E-state index is 0.208. The summed E-state index contributed by atoms with van der Waals surface area (Å²) in [5.74, 6) is 1.28. The number of carbonyl (C=O) groups excluding carboxylic acids is 1. The number of hydrogen-bond donors (Lipinski definition) is 1. The van der Waals surface area contributed by atoms with Gasteiger partial charge in [0.2, 0.25) is 0 Å². The maximum Gasteiger partial charge on any atom is 0.410 e. The summed E-state index contributed by atoms with van der Waals surface area (Å²) in [6.07, 6.45) is 2.90. The number of piperazine rings is 1. The molecule has 1 aliphatic rings. The molecule has 1 aliphatic heterocycles. The summed E-state index contributed by atoms with van der Waals surface area (Å²) in [6.45, 7) is 15.9. The molecule has 1 aromatic heterocycles. The number of ether oxygens (including phenoxy) is 1. The van der Waals surface area contributed by atoms with Crippen molar-refractivity contribution in [1.29, 1.82) is 0 Å². The first-order valence-corrected chi connectivity index (χ1v) is 11.6. The molecule has 1 aromatic rings. The second kappa shape index (κ2) is 11.5. The lowest BCUT2D eigenvalue weighted by atomic mass is 10.1. The third-order valence-corrected chi connectivity index (χ3v) is 5.42. The summed E-state index contributed by atoms with van der Waals surface area (Å²) < 4.78 is 7.36. The van der Waals surface area contributed by atoms with E-state index in [2.05, 4.69) is 52.3 Å². The van der Waals surface area contributed by atoms with Crippen LogP contribution >= 0.6 is 0 Å². The largest absolute Gasteiger partial charge is 0.444 e. The van der Waals surface area contributed by atoms with Gasteiger partial charge in [-0.15, -0.1) is 0 Å². The van der Waals surface area contributed by atoms with Crippen LogP contribution in [-0.2, 0) is 18.3 Å². The van der Waals surface area contributed by atoms with Crippen LogP contribution in [0.4, 0.5) is 4.79 Å². The Balaban J connectivity index is 1.71. The van der Waals surface area contributed by atoms with E-state index in [4.69, 9.17) is 4.74 Å². The van der Waals surface area contributed by atoms with Crippen molar-refractivity contribution in [3.8, 4) is 0 Å². The number of carbonyl (C=O) groups is 1. The average molecular weight is 450 g/mol. The highest BCUT2D eigenvalue weighted by Gasteiger charge is 2.25. The molecule has 0 saturated carbocycles. The zero-order valence-electron chi connectivity index (χ0n) is 21.3. The molecule has 9 nitrogen and oxygen atoms in total. The Labute approximate surface area is 193 Å². The number of hydrogen-bond acceptors (Lipinski definition) is 5. The lowest BCUT2D eigenvalue weighted by Gasteiger charge is -2.35. The van der Waals surface area contributed by atoms with Crippen LogP contribution in [0.1, 0.15) is 58.2 Å². The zero-order valence-corrected chi connectivity index (χ0v) is 21.3. The van der Waals surface area contributed by atoms with E-state index < -0.39 is 5.60 Å². The third kappa shape index (κ3) is 8.00. The summed E-state index contributed by atoms with van der Waals surface area (Å²) in [5, 5.41) is 8.08. The predicted molar refractivity (Wildman–Crippen MR) is 129 cm³/mol. The van der Waals surface area contributed by atoms with Crippen molar-refractivity contribution < 1.29 is 9.53 Å². The van der Waals surface area contributed by atoms with Gasteiger partial charge in [0, 0.05) is 72.2 Å². The molecule has 1 fully saturated rings. The van der Waals surface area contributed by atoms with Crippen molar-refractivity contribution in [3.05, 3.63) is 17.5 Å². The van der Waals surface area contributed by atoms with Gasteiger partial charge < -0.3 is 19.9 Å². The van der Waals surface area contributed by atoms with Crippen LogP contribution in [0.2, 0.25) is 0 Å². The van der Waals surface area contributed by atoms with Gasteiger partial charge in [0.1, 0.15) is 5.60 Å². The molecule has 0 unspecified atom stereocenters. The van der Waals surface area contributed by atoms with E-state index in [9.17, 15) is 4.79 Å². The Morgan fingerprint density at radius 2 is 1.94 bits per heavy atom. The van der Waals surface area contributed by atoms with Gasteiger partial charge in [-0.1, -0.05) is 13.8 Å². The predicted octanol–water partition coefficient (Wildman–Crippen LogP) is 2.49. The molecule has 0 aromatic carbocycles. The molecule has 0 radical (unpaired) electrons. The van der Waals surface area contributed by atoms with E-state index in [0.717, 1.165) is 63.9 Å². The van der Waals surface area contributed by atoms with Crippen molar-refractivity contribution in [2.24, 2.45) is 12.0 Å². The van der Waals surface area contributed by atoms with Gasteiger partial charge in [0.15, 0.2) is 5.96 Å². The first-order valence-electron chi connectivity index (χ1n) is 11.6. The van der Waals surface area contributed by atoms with Crippen LogP contribution < -0.4 is 5.32 Å². The number of amides is 1. The molecule has 1 saturated heterocycles. The Hall–Kier alpha value is -2.29. The zero-order chi connectivity index (χ0) is 23.9. The van der Waals surface area contributed by atoms with Crippen molar-refractivity contribution >= 4 is 12.1 Å². The van der Waals surface area contributed by atoms with E-state index in [1.165, 1.54) is 5.56 Å². The fraction of sp³-hybridized carbons (Fsp3) is 0.783. The Kier molecular flexibility index (Phi) is 9.36. The first-order chi connectivity index (χ1) is 15.0. The Morgan fingerprint density at radius 1 is 1.28 bits per heavy atom.